The summed E-state index contributed by atoms with van der Waals surface area (Å²) in [5.74, 6) is -3.66. The van der Waals surface area contributed by atoms with Gasteiger partial charge in [0, 0.05) is 12.6 Å². The third-order valence-corrected chi connectivity index (χ3v) is 3.81. The fourth-order valence-corrected chi connectivity index (χ4v) is 2.32. The number of ether oxygens (including phenoxy) is 3. The molecule has 1 heterocycles. The molecule has 0 bridgehead atoms. The van der Waals surface area contributed by atoms with Crippen LogP contribution in [0.4, 0.5) is 55.9 Å². The first-order valence-corrected chi connectivity index (χ1v) is 9.60. The lowest BCUT2D eigenvalue weighted by molar-refractivity contribution is -0.154. The van der Waals surface area contributed by atoms with Gasteiger partial charge in [0.15, 0.2) is 19.9 Å². The Morgan fingerprint density at radius 3 is 1.76 bits per heavy atom. The van der Waals surface area contributed by atoms with Crippen LogP contribution in [0.5, 0.6) is 11.8 Å². The smallest absolute Gasteiger partial charge is 0.422 e. The highest BCUT2D eigenvalue weighted by molar-refractivity contribution is 6.00. The number of benzene rings is 1. The lowest BCUT2D eigenvalue weighted by Gasteiger charge is -2.22. The summed E-state index contributed by atoms with van der Waals surface area (Å²) in [6, 6.07) is 2.10. The molecule has 0 unspecified atom stereocenters. The highest BCUT2D eigenvalue weighted by Crippen LogP contribution is 2.31. The molecule has 2 aromatic rings. The molecule has 0 aliphatic rings. The van der Waals surface area contributed by atoms with E-state index in [4.69, 9.17) is 0 Å². The van der Waals surface area contributed by atoms with E-state index < -0.39 is 73.7 Å². The van der Waals surface area contributed by atoms with Crippen molar-refractivity contribution in [2.75, 3.05) is 30.2 Å². The van der Waals surface area contributed by atoms with E-state index in [2.05, 4.69) is 24.2 Å². The second-order valence-corrected chi connectivity index (χ2v) is 6.84. The number of carbonyl (C=O) groups excluding carboxylic acids is 2. The van der Waals surface area contributed by atoms with Gasteiger partial charge >= 0.3 is 30.5 Å². The highest BCUT2D eigenvalue weighted by atomic mass is 19.4. The quantitative estimate of drug-likeness (QED) is 0.282. The average Bonchev–Trinajstić information content (AvgIpc) is 2.75. The van der Waals surface area contributed by atoms with Crippen LogP contribution in [-0.4, -0.2) is 54.3 Å². The summed E-state index contributed by atoms with van der Waals surface area (Å²) in [6.07, 6.45) is -14.4. The summed E-state index contributed by atoms with van der Waals surface area (Å²) >= 11 is 0. The van der Waals surface area contributed by atoms with Crippen molar-refractivity contribution in [1.29, 1.82) is 0 Å². The van der Waals surface area contributed by atoms with Crippen molar-refractivity contribution in [1.82, 2.24) is 9.97 Å². The van der Waals surface area contributed by atoms with Gasteiger partial charge in [-0.3, -0.25) is 15.0 Å². The van der Waals surface area contributed by atoms with E-state index >= 15 is 0 Å². The molecule has 1 aromatic heterocycles. The van der Waals surface area contributed by atoms with E-state index in [1.807, 2.05) is 5.32 Å². The highest BCUT2D eigenvalue weighted by Gasteiger charge is 2.32. The molecule has 0 atom stereocenters. The number of amides is 2. The van der Waals surface area contributed by atoms with Gasteiger partial charge in [-0.15, -0.1) is 0 Å². The molecule has 0 spiro atoms. The molecule has 2 amide bonds. The van der Waals surface area contributed by atoms with E-state index in [0.717, 1.165) is 19.1 Å². The summed E-state index contributed by atoms with van der Waals surface area (Å²) < 4.78 is 127. The molecule has 0 aliphatic heterocycles. The first-order valence-electron chi connectivity index (χ1n) is 9.60. The lowest BCUT2D eigenvalue weighted by Crippen LogP contribution is -2.38. The van der Waals surface area contributed by atoms with Crippen molar-refractivity contribution in [3.63, 3.8) is 0 Å². The fourth-order valence-electron chi connectivity index (χ4n) is 2.32. The number of nitrogens with one attached hydrogen (secondary N) is 1. The maximum atomic E-state index is 12.8. The zero-order valence-electron chi connectivity index (χ0n) is 18.3. The second-order valence-electron chi connectivity index (χ2n) is 6.84. The molecule has 18 heteroatoms. The number of hydrogen-bond donors (Lipinski definition) is 1. The van der Waals surface area contributed by atoms with Gasteiger partial charge in [-0.05, 0) is 24.3 Å². The number of esters is 1. The Kier molecular flexibility index (Phi) is 8.99. The Morgan fingerprint density at radius 1 is 0.865 bits per heavy atom. The van der Waals surface area contributed by atoms with Crippen molar-refractivity contribution >= 4 is 23.6 Å². The predicted octanol–water partition coefficient (Wildman–Crippen LogP) is 4.94. The Morgan fingerprint density at radius 2 is 1.35 bits per heavy atom. The fraction of sp³-hybridized carbons (Fsp3) is 0.368. The maximum Gasteiger partial charge on any atom is 0.422 e. The topological polar surface area (TPSA) is 103 Å². The summed E-state index contributed by atoms with van der Waals surface area (Å²) in [7, 11) is 0. The molecular formula is C19H15F9N4O5. The number of halogens is 9. The molecule has 1 aromatic carbocycles. The van der Waals surface area contributed by atoms with Gasteiger partial charge in [-0.2, -0.15) is 49.5 Å². The number of carbonyl (C=O) groups is 2. The van der Waals surface area contributed by atoms with E-state index in [-0.39, 0.29) is 5.69 Å². The number of nitrogens with zero attached hydrogens (tertiary/aromatic N) is 3. The zero-order valence-corrected chi connectivity index (χ0v) is 18.3. The monoisotopic (exact) mass is 550 g/mol. The predicted molar refractivity (Wildman–Crippen MR) is 105 cm³/mol. The van der Waals surface area contributed by atoms with Crippen LogP contribution in [0.1, 0.15) is 12.5 Å². The standard InChI is InChI=1S/C19H15F9N4O5/c1-10(33)37-9-32(12-4-2-11(3-5-12)19(26,27)28)16(34)31-15-29-13(35-7-17(20,21)22)6-14(30-15)36-8-18(23,24)25/h2-6H,7-9H2,1H3,(H,29,30,31,34). The Balaban J connectivity index is 2.34. The molecule has 37 heavy (non-hydrogen) atoms. The maximum absolute atomic E-state index is 12.8. The molecule has 9 nitrogen and oxygen atoms in total. The van der Waals surface area contributed by atoms with Crippen LogP contribution in [0.15, 0.2) is 30.3 Å². The summed E-state index contributed by atoms with van der Waals surface area (Å²) in [4.78, 5) is 31.3. The number of alkyl halides is 9. The van der Waals surface area contributed by atoms with Crippen LogP contribution in [0.3, 0.4) is 0 Å². The summed E-state index contributed by atoms with van der Waals surface area (Å²) in [5.41, 5.74) is -1.32. The van der Waals surface area contributed by atoms with E-state index in [0.29, 0.717) is 23.1 Å². The Labute approximate surface area is 201 Å². The van der Waals surface area contributed by atoms with Gasteiger partial charge in [0.25, 0.3) is 0 Å². The van der Waals surface area contributed by atoms with Crippen molar-refractivity contribution < 1.29 is 63.3 Å². The first kappa shape index (κ1) is 29.2. The number of rotatable bonds is 8. The first-order chi connectivity index (χ1) is 16.9. The zero-order chi connectivity index (χ0) is 28.0. The van der Waals surface area contributed by atoms with Crippen molar-refractivity contribution in [3.8, 4) is 11.8 Å². The summed E-state index contributed by atoms with van der Waals surface area (Å²) in [5, 5.41) is 1.91. The number of aromatic nitrogens is 2. The molecule has 1 N–H and O–H groups in total. The molecule has 0 fully saturated rings. The van der Waals surface area contributed by atoms with E-state index in [1.54, 1.807) is 0 Å². The number of hydrogen-bond acceptors (Lipinski definition) is 7. The van der Waals surface area contributed by atoms with Crippen LogP contribution in [0, 0.1) is 0 Å². The third-order valence-electron chi connectivity index (χ3n) is 3.81. The Bertz CT molecular complexity index is 1050. The van der Waals surface area contributed by atoms with Crippen LogP contribution in [0.25, 0.3) is 0 Å². The van der Waals surface area contributed by atoms with Crippen LogP contribution >= 0.6 is 0 Å². The molecule has 0 radical (unpaired) electrons. The van der Waals surface area contributed by atoms with Crippen LogP contribution < -0.4 is 19.7 Å². The van der Waals surface area contributed by atoms with Crippen molar-refractivity contribution in [2.45, 2.75) is 25.5 Å². The average molecular weight is 550 g/mol. The minimum atomic E-state index is -4.86. The number of urea groups is 1. The molecular weight excluding hydrogens is 535 g/mol. The minimum absolute atomic E-state index is 0.246. The van der Waals surface area contributed by atoms with Gasteiger partial charge in [0.2, 0.25) is 17.7 Å². The van der Waals surface area contributed by atoms with Crippen LogP contribution in [-0.2, 0) is 15.7 Å². The van der Waals surface area contributed by atoms with E-state index in [1.165, 1.54) is 0 Å². The lowest BCUT2D eigenvalue weighted by atomic mass is 10.2. The molecule has 204 valence electrons. The van der Waals surface area contributed by atoms with Crippen LogP contribution in [0.2, 0.25) is 0 Å². The van der Waals surface area contributed by atoms with Gasteiger partial charge in [-0.25, -0.2) is 4.79 Å². The third kappa shape index (κ3) is 10.3. The summed E-state index contributed by atoms with van der Waals surface area (Å²) in [6.45, 7) is -3.70. The van der Waals surface area contributed by atoms with E-state index in [9.17, 15) is 49.1 Å². The molecule has 0 saturated carbocycles. The molecule has 0 aliphatic carbocycles. The molecule has 0 saturated heterocycles. The normalized spacial score (nSPS) is 12.1. The minimum Gasteiger partial charge on any atom is -0.468 e. The largest absolute Gasteiger partial charge is 0.468 e. The Hall–Kier alpha value is -3.99. The number of anilines is 2. The SMILES string of the molecule is CC(=O)OCN(C(=O)Nc1nc(OCC(F)(F)F)cc(OCC(F)(F)F)n1)c1ccc(C(F)(F)F)cc1. The van der Waals surface area contributed by atoms with Gasteiger partial charge < -0.3 is 14.2 Å². The van der Waals surface area contributed by atoms with Gasteiger partial charge in [0.1, 0.15) is 0 Å². The second kappa shape index (κ2) is 11.4. The van der Waals surface area contributed by atoms with Gasteiger partial charge in [-0.1, -0.05) is 0 Å². The van der Waals surface area contributed by atoms with Crippen molar-refractivity contribution in [2.24, 2.45) is 0 Å². The van der Waals surface area contributed by atoms with Crippen molar-refractivity contribution in [3.05, 3.63) is 35.9 Å². The van der Waals surface area contributed by atoms with Gasteiger partial charge in [0.05, 0.1) is 11.6 Å². The molecule has 2 rings (SSSR count).